The predicted molar refractivity (Wildman–Crippen MR) is 68.1 cm³/mol. The summed E-state index contributed by atoms with van der Waals surface area (Å²) in [5.74, 6) is 0.804. The molecule has 2 rings (SSSR count). The fraction of sp³-hybridized carbons (Fsp3) is 1.00. The van der Waals surface area contributed by atoms with Crippen LogP contribution in [-0.2, 0) is 4.74 Å². The van der Waals surface area contributed by atoms with Crippen LogP contribution in [-0.4, -0.2) is 61.0 Å². The summed E-state index contributed by atoms with van der Waals surface area (Å²) in [6.07, 6.45) is 2.39. The monoisotopic (exact) mass is 242 g/mol. The van der Waals surface area contributed by atoms with Crippen LogP contribution in [0.5, 0.6) is 0 Å². The van der Waals surface area contributed by atoms with Crippen LogP contribution in [0.1, 0.15) is 26.7 Å². The third kappa shape index (κ3) is 4.21. The highest BCUT2D eigenvalue weighted by Crippen LogP contribution is 2.39. The van der Waals surface area contributed by atoms with Gasteiger partial charge in [0.15, 0.2) is 0 Å². The van der Waals surface area contributed by atoms with Gasteiger partial charge in [-0.05, 0) is 32.6 Å². The summed E-state index contributed by atoms with van der Waals surface area (Å²) in [5.41, 5.74) is 0.186. The summed E-state index contributed by atoms with van der Waals surface area (Å²) < 4.78 is 5.30. The number of aliphatic hydroxyl groups excluding tert-OH is 1. The molecule has 4 heteroatoms. The molecule has 4 nitrogen and oxygen atoms in total. The largest absolute Gasteiger partial charge is 0.390 e. The average Bonchev–Trinajstić information content (AvgIpc) is 3.12. The van der Waals surface area contributed by atoms with Crippen molar-refractivity contribution in [2.24, 2.45) is 5.92 Å². The number of aliphatic hydroxyl groups is 1. The standard InChI is InChI=1S/C13H26N2O2/c1-13(2,11-3-4-11)14-9-12(16)10-15-5-7-17-8-6-15/h11-12,14,16H,3-10H2,1-2H3. The fourth-order valence-corrected chi connectivity index (χ4v) is 2.48. The molecule has 0 bridgehead atoms. The van der Waals surface area contributed by atoms with Crippen LogP contribution >= 0.6 is 0 Å². The van der Waals surface area contributed by atoms with E-state index in [1.54, 1.807) is 0 Å². The molecule has 0 amide bonds. The van der Waals surface area contributed by atoms with Gasteiger partial charge in [-0.15, -0.1) is 0 Å². The highest BCUT2D eigenvalue weighted by molar-refractivity contribution is 4.94. The molecule has 2 fully saturated rings. The van der Waals surface area contributed by atoms with Gasteiger partial charge in [0, 0.05) is 31.7 Å². The first-order valence-corrected chi connectivity index (χ1v) is 6.81. The number of morpholine rings is 1. The molecule has 100 valence electrons. The second-order valence-electron chi connectivity index (χ2n) is 5.94. The van der Waals surface area contributed by atoms with Crippen molar-refractivity contribution >= 4 is 0 Å². The molecule has 17 heavy (non-hydrogen) atoms. The van der Waals surface area contributed by atoms with Crippen molar-refractivity contribution in [3.8, 4) is 0 Å². The van der Waals surface area contributed by atoms with Gasteiger partial charge in [-0.1, -0.05) is 0 Å². The van der Waals surface area contributed by atoms with E-state index in [4.69, 9.17) is 4.74 Å². The van der Waals surface area contributed by atoms with Crippen molar-refractivity contribution in [1.29, 1.82) is 0 Å². The summed E-state index contributed by atoms with van der Waals surface area (Å²) >= 11 is 0. The Kier molecular flexibility index (Phi) is 4.42. The maximum absolute atomic E-state index is 10.0. The molecule has 1 unspecified atom stereocenters. The molecular weight excluding hydrogens is 216 g/mol. The van der Waals surface area contributed by atoms with E-state index in [-0.39, 0.29) is 11.6 Å². The smallest absolute Gasteiger partial charge is 0.0791 e. The van der Waals surface area contributed by atoms with Crippen molar-refractivity contribution in [1.82, 2.24) is 10.2 Å². The van der Waals surface area contributed by atoms with Crippen LogP contribution in [0.2, 0.25) is 0 Å². The van der Waals surface area contributed by atoms with E-state index in [9.17, 15) is 5.11 Å². The van der Waals surface area contributed by atoms with Crippen LogP contribution in [0.25, 0.3) is 0 Å². The van der Waals surface area contributed by atoms with Crippen molar-refractivity contribution in [2.45, 2.75) is 38.3 Å². The molecule has 0 aromatic heterocycles. The van der Waals surface area contributed by atoms with Crippen molar-refractivity contribution in [3.05, 3.63) is 0 Å². The van der Waals surface area contributed by atoms with Crippen LogP contribution in [0, 0.1) is 5.92 Å². The SMILES string of the molecule is CC(C)(NCC(O)CN1CCOCC1)C1CC1. The lowest BCUT2D eigenvalue weighted by atomic mass is 9.98. The van der Waals surface area contributed by atoms with Gasteiger partial charge in [-0.3, -0.25) is 4.90 Å². The van der Waals surface area contributed by atoms with Gasteiger partial charge in [0.2, 0.25) is 0 Å². The number of β-amino-alcohol motifs (C(OH)–C–C–N with tert-alkyl or cyclic N) is 1. The van der Waals surface area contributed by atoms with Gasteiger partial charge in [0.1, 0.15) is 0 Å². The van der Waals surface area contributed by atoms with Crippen molar-refractivity contribution < 1.29 is 9.84 Å². The van der Waals surface area contributed by atoms with E-state index < -0.39 is 0 Å². The lowest BCUT2D eigenvalue weighted by Crippen LogP contribution is -2.49. The lowest BCUT2D eigenvalue weighted by Gasteiger charge is -2.31. The van der Waals surface area contributed by atoms with Crippen LogP contribution in [0.15, 0.2) is 0 Å². The number of nitrogens with one attached hydrogen (secondary N) is 1. The minimum Gasteiger partial charge on any atom is -0.390 e. The third-order valence-electron chi connectivity index (χ3n) is 3.96. The number of hydrogen-bond donors (Lipinski definition) is 2. The highest BCUT2D eigenvalue weighted by atomic mass is 16.5. The Morgan fingerprint density at radius 1 is 1.35 bits per heavy atom. The van der Waals surface area contributed by atoms with Crippen LogP contribution in [0.3, 0.4) is 0 Å². The summed E-state index contributed by atoms with van der Waals surface area (Å²) in [6, 6.07) is 0. The van der Waals surface area contributed by atoms with Gasteiger partial charge in [0.25, 0.3) is 0 Å². The highest BCUT2D eigenvalue weighted by Gasteiger charge is 2.37. The topological polar surface area (TPSA) is 44.7 Å². The predicted octanol–water partition coefficient (Wildman–Crippen LogP) is 0.458. The first kappa shape index (κ1) is 13.3. The Hall–Kier alpha value is -0.160. The molecule has 0 aromatic carbocycles. The molecular formula is C13H26N2O2. The Bertz CT molecular complexity index is 236. The Morgan fingerprint density at radius 3 is 2.59 bits per heavy atom. The Morgan fingerprint density at radius 2 is 2.00 bits per heavy atom. The minimum atomic E-state index is -0.272. The maximum Gasteiger partial charge on any atom is 0.0791 e. The average molecular weight is 242 g/mol. The number of nitrogens with zero attached hydrogens (tertiary/aromatic N) is 1. The third-order valence-corrected chi connectivity index (χ3v) is 3.96. The molecule has 1 saturated heterocycles. The van der Waals surface area contributed by atoms with Gasteiger partial charge in [-0.25, -0.2) is 0 Å². The van der Waals surface area contributed by atoms with E-state index in [2.05, 4.69) is 24.1 Å². The Labute approximate surface area is 104 Å². The molecule has 1 saturated carbocycles. The van der Waals surface area contributed by atoms with Gasteiger partial charge < -0.3 is 15.2 Å². The molecule has 0 aromatic rings. The fourth-order valence-electron chi connectivity index (χ4n) is 2.48. The molecule has 1 aliphatic heterocycles. The summed E-state index contributed by atoms with van der Waals surface area (Å²) in [7, 11) is 0. The quantitative estimate of drug-likeness (QED) is 0.710. The van der Waals surface area contributed by atoms with Gasteiger partial charge >= 0.3 is 0 Å². The number of rotatable bonds is 6. The number of hydrogen-bond acceptors (Lipinski definition) is 4. The minimum absolute atomic E-state index is 0.186. The maximum atomic E-state index is 10.0. The zero-order chi connectivity index (χ0) is 12.3. The zero-order valence-corrected chi connectivity index (χ0v) is 11.1. The number of ether oxygens (including phenoxy) is 1. The molecule has 1 atom stereocenters. The summed E-state index contributed by atoms with van der Waals surface area (Å²) in [4.78, 5) is 2.28. The van der Waals surface area contributed by atoms with E-state index in [1.165, 1.54) is 12.8 Å². The van der Waals surface area contributed by atoms with Crippen molar-refractivity contribution in [2.75, 3.05) is 39.4 Å². The molecule has 2 N–H and O–H groups in total. The van der Waals surface area contributed by atoms with Crippen molar-refractivity contribution in [3.63, 3.8) is 0 Å². The summed E-state index contributed by atoms with van der Waals surface area (Å²) in [5, 5.41) is 13.5. The molecule has 2 aliphatic rings. The lowest BCUT2D eigenvalue weighted by molar-refractivity contribution is 0.0135. The first-order valence-electron chi connectivity index (χ1n) is 6.81. The second kappa shape index (κ2) is 5.65. The zero-order valence-electron chi connectivity index (χ0n) is 11.1. The van der Waals surface area contributed by atoms with E-state index in [0.717, 1.165) is 38.8 Å². The van der Waals surface area contributed by atoms with Crippen LogP contribution in [0.4, 0.5) is 0 Å². The van der Waals surface area contributed by atoms with E-state index >= 15 is 0 Å². The van der Waals surface area contributed by atoms with E-state index in [0.29, 0.717) is 6.54 Å². The first-order chi connectivity index (χ1) is 8.08. The molecule has 1 heterocycles. The normalized spacial score (nSPS) is 24.9. The van der Waals surface area contributed by atoms with E-state index in [1.807, 2.05) is 0 Å². The second-order valence-corrected chi connectivity index (χ2v) is 5.94. The Balaban J connectivity index is 1.64. The van der Waals surface area contributed by atoms with Gasteiger partial charge in [-0.2, -0.15) is 0 Å². The van der Waals surface area contributed by atoms with Crippen LogP contribution < -0.4 is 5.32 Å². The molecule has 0 radical (unpaired) electrons. The molecule has 1 aliphatic carbocycles. The molecule has 0 spiro atoms. The summed E-state index contributed by atoms with van der Waals surface area (Å²) in [6.45, 7) is 9.43. The van der Waals surface area contributed by atoms with Gasteiger partial charge in [0.05, 0.1) is 19.3 Å².